The van der Waals surface area contributed by atoms with Crippen LogP contribution in [0, 0.1) is 11.3 Å². The van der Waals surface area contributed by atoms with Crippen LogP contribution in [0.5, 0.6) is 11.5 Å². The first kappa shape index (κ1) is 34.1. The van der Waals surface area contributed by atoms with E-state index in [2.05, 4.69) is 47.8 Å². The molecule has 5 atom stereocenters. The number of rotatable bonds is 4. The van der Waals surface area contributed by atoms with Crippen LogP contribution in [0.25, 0.3) is 6.08 Å². The zero-order valence-electron chi connectivity index (χ0n) is 28.5. The molecule has 260 valence electrons. The van der Waals surface area contributed by atoms with E-state index in [4.69, 9.17) is 15.5 Å². The molecule has 4 bridgehead atoms. The van der Waals surface area contributed by atoms with E-state index in [1.54, 1.807) is 18.2 Å². The number of phenols is 1. The van der Waals surface area contributed by atoms with Crippen molar-refractivity contribution in [2.45, 2.75) is 99.5 Å². The van der Waals surface area contributed by atoms with Gasteiger partial charge in [0.25, 0.3) is 0 Å². The van der Waals surface area contributed by atoms with Crippen molar-refractivity contribution in [1.82, 2.24) is 15.2 Å². The molecule has 4 N–H and O–H groups in total. The molecule has 3 aliphatic carbocycles. The van der Waals surface area contributed by atoms with Crippen molar-refractivity contribution < 1.29 is 19.4 Å². The first-order chi connectivity index (χ1) is 23.7. The van der Waals surface area contributed by atoms with Crippen molar-refractivity contribution >= 4 is 45.0 Å². The lowest BCUT2D eigenvalue weighted by Gasteiger charge is -2.46. The number of Topliss-reactive ketones (excluding diaryl/α,β-unsaturated/α-hetero) is 1. The maximum absolute atomic E-state index is 13.1. The number of nitrogens with two attached hydrogens (primary N) is 1. The lowest BCUT2D eigenvalue weighted by atomic mass is 9.78. The van der Waals surface area contributed by atoms with E-state index >= 15 is 0 Å². The molecule has 3 heterocycles. The van der Waals surface area contributed by atoms with Gasteiger partial charge in [0.2, 0.25) is 0 Å². The molecule has 1 aromatic carbocycles. The molecule has 10 heteroatoms. The molecule has 0 amide bonds. The Morgan fingerprint density at radius 2 is 1.92 bits per heavy atom. The Kier molecular flexibility index (Phi) is 9.81. The van der Waals surface area contributed by atoms with Crippen LogP contribution in [0.1, 0.15) is 111 Å². The average molecular weight is 701 g/mol. The molecule has 0 unspecified atom stereocenters. The van der Waals surface area contributed by atoms with Gasteiger partial charge in [0, 0.05) is 41.7 Å². The van der Waals surface area contributed by atoms with Crippen LogP contribution in [0.15, 0.2) is 55.0 Å². The number of pyridine rings is 1. The lowest BCUT2D eigenvalue weighted by Crippen LogP contribution is -2.49. The number of ketones is 2. The third-order valence-corrected chi connectivity index (χ3v) is 15.2. The summed E-state index contributed by atoms with van der Waals surface area (Å²) in [4.78, 5) is 33.4. The summed E-state index contributed by atoms with van der Waals surface area (Å²) in [5, 5.41) is 14.7. The molecule has 5 aliphatic rings. The molecule has 2 saturated carbocycles. The molecule has 49 heavy (non-hydrogen) atoms. The van der Waals surface area contributed by atoms with E-state index < -0.39 is 0 Å². The molecule has 1 aromatic heterocycles. The summed E-state index contributed by atoms with van der Waals surface area (Å²) >= 11 is 0. The van der Waals surface area contributed by atoms with E-state index in [-0.39, 0.29) is 51.6 Å². The second-order valence-corrected chi connectivity index (χ2v) is 17.2. The third-order valence-electron chi connectivity index (χ3n) is 11.8. The number of ether oxygens (including phenoxy) is 1. The zero-order chi connectivity index (χ0) is 34.2. The minimum atomic E-state index is -0.276. The van der Waals surface area contributed by atoms with Crippen LogP contribution in [-0.2, 0) is 9.59 Å². The number of aromatic hydroxyl groups is 1. The summed E-state index contributed by atoms with van der Waals surface area (Å²) in [6, 6.07) is 5.76. The van der Waals surface area contributed by atoms with E-state index in [0.29, 0.717) is 23.4 Å². The summed E-state index contributed by atoms with van der Waals surface area (Å²) in [5.74, 6) is 0.603. The number of fused-ring (bicyclic) bond motifs is 7. The van der Waals surface area contributed by atoms with Crippen molar-refractivity contribution in [2.24, 2.45) is 11.3 Å². The van der Waals surface area contributed by atoms with Crippen LogP contribution in [0.4, 0.5) is 5.82 Å². The summed E-state index contributed by atoms with van der Waals surface area (Å²) in [6.45, 7) is 2.97. The molecule has 0 saturated heterocycles. The fourth-order valence-corrected chi connectivity index (χ4v) is 13.0. The Morgan fingerprint density at radius 1 is 1.08 bits per heavy atom. The number of carbonyl (C=O) groups is 2. The van der Waals surface area contributed by atoms with E-state index in [1.165, 1.54) is 45.3 Å². The number of aromatic nitrogens is 1. The van der Waals surface area contributed by atoms with Gasteiger partial charge in [0.05, 0.1) is 31.0 Å². The van der Waals surface area contributed by atoms with Crippen LogP contribution < -0.4 is 15.8 Å². The van der Waals surface area contributed by atoms with Crippen molar-refractivity contribution in [3.8, 4) is 11.5 Å². The monoisotopic (exact) mass is 700 g/mol. The van der Waals surface area contributed by atoms with Crippen LogP contribution in [0.3, 0.4) is 0 Å². The minimum absolute atomic E-state index is 0.0253. The molecule has 2 aromatic rings. The number of phenolic OH excluding ortho intramolecular Hbond substituents is 1. The largest absolute Gasteiger partial charge is 0.504 e. The molecule has 2 fully saturated rings. The fourth-order valence-electron chi connectivity index (χ4n) is 9.10. The molecule has 2 aliphatic heterocycles. The predicted octanol–water partition coefficient (Wildman–Crippen LogP) is 8.05. The highest BCUT2D eigenvalue weighted by atomic mass is 33.1. The summed E-state index contributed by atoms with van der Waals surface area (Å²) in [6.07, 6.45) is 24.5. The highest BCUT2D eigenvalue weighted by molar-refractivity contribution is 8.77. The number of allylic oxidation sites excluding steroid dienone is 2. The van der Waals surface area contributed by atoms with Crippen LogP contribution in [0.2, 0.25) is 0 Å². The third kappa shape index (κ3) is 6.63. The Hall–Kier alpha value is -3.37. The van der Waals surface area contributed by atoms with Crippen LogP contribution >= 0.6 is 21.6 Å². The number of hydrogen-bond acceptors (Lipinski definition) is 10. The van der Waals surface area contributed by atoms with Gasteiger partial charge in [0.1, 0.15) is 11.6 Å². The highest BCUT2D eigenvalue weighted by Gasteiger charge is 2.56. The molecular weight excluding hydrogens is 653 g/mol. The zero-order valence-corrected chi connectivity index (χ0v) is 30.2. The van der Waals surface area contributed by atoms with Crippen molar-refractivity contribution in [1.29, 1.82) is 0 Å². The first-order valence-electron chi connectivity index (χ1n) is 17.8. The summed E-state index contributed by atoms with van der Waals surface area (Å²) in [7, 11) is 5.35. The number of methoxy groups -OCH3 is 1. The van der Waals surface area contributed by atoms with Gasteiger partial charge in [0.15, 0.2) is 17.3 Å². The summed E-state index contributed by atoms with van der Waals surface area (Å²) in [5.41, 5.74) is 10.7. The van der Waals surface area contributed by atoms with E-state index in [1.807, 2.05) is 27.8 Å². The highest BCUT2D eigenvalue weighted by Crippen LogP contribution is 2.64. The fraction of sp³-hybridized carbons (Fsp3) is 0.513. The Labute approximate surface area is 297 Å². The number of nitrogen functional groups attached to an aromatic ring is 1. The predicted molar refractivity (Wildman–Crippen MR) is 199 cm³/mol. The first-order valence-corrected chi connectivity index (χ1v) is 20.1. The van der Waals surface area contributed by atoms with Gasteiger partial charge in [-0.15, -0.1) is 0 Å². The van der Waals surface area contributed by atoms with Gasteiger partial charge in [-0.05, 0) is 90.8 Å². The van der Waals surface area contributed by atoms with E-state index in [9.17, 15) is 14.7 Å². The second kappa shape index (κ2) is 14.1. The van der Waals surface area contributed by atoms with Crippen LogP contribution in [-0.4, -0.2) is 51.1 Å². The van der Waals surface area contributed by atoms with Gasteiger partial charge in [-0.1, -0.05) is 66.0 Å². The Morgan fingerprint density at radius 3 is 2.67 bits per heavy atom. The van der Waals surface area contributed by atoms with E-state index in [0.717, 1.165) is 54.6 Å². The standard InChI is InChI=1S/C39H48N4O4S2/c1-3-25-6-8-28(44)20-29(45)9-7-26-19-34(47-2)33(46)21-31(26)30-10-11-35(25)48-49-36(32-18-27(30)22-42-37(32)40)39(43-17-16-41-24-43)15-14-38(23-39)12-4-5-13-38/h7,9-11,16-19,21-22,25,30,35-36,41,46H,3-6,8,12-15,20,23-24H2,1-2H3,(H2,40,42)/b9-7+,11-10+/t25-,30+,35+,36+,39-/m0/s1. The van der Waals surface area contributed by atoms with Crippen molar-refractivity contribution in [3.63, 3.8) is 0 Å². The maximum atomic E-state index is 13.1. The van der Waals surface area contributed by atoms with Gasteiger partial charge in [-0.3, -0.25) is 9.59 Å². The Balaban J connectivity index is 1.43. The molecule has 1 spiro atoms. The SMILES string of the molecule is CC[C@H]1CCC(=O)CC(=O)/C=C/c2cc(OC)c(O)cc2[C@@H]2/C=C/[C@H]1SS[C@@H]([C@]1(N3C=CNC3)CCC3(CCCC3)C1)c1cc2cnc1N. The maximum Gasteiger partial charge on any atom is 0.163 e. The van der Waals surface area contributed by atoms with Gasteiger partial charge in [-0.2, -0.15) is 0 Å². The molecule has 8 nitrogen and oxygen atoms in total. The quantitative estimate of drug-likeness (QED) is 0.164. The lowest BCUT2D eigenvalue weighted by molar-refractivity contribution is -0.124. The number of nitrogens with one attached hydrogen (secondary N) is 1. The van der Waals surface area contributed by atoms with Gasteiger partial charge >= 0.3 is 0 Å². The average Bonchev–Trinajstić information content (AvgIpc) is 3.88. The molecule has 7 rings (SSSR count). The molecular formula is C39H48N4O4S2. The second-order valence-electron chi connectivity index (χ2n) is 14.7. The van der Waals surface area contributed by atoms with Gasteiger partial charge in [-0.25, -0.2) is 4.98 Å². The number of benzene rings is 1. The Bertz CT molecular complexity index is 1680. The molecule has 0 radical (unpaired) electrons. The normalized spacial score (nSPS) is 30.9. The number of hydrogen-bond donors (Lipinski definition) is 3. The van der Waals surface area contributed by atoms with Gasteiger partial charge < -0.3 is 25.8 Å². The van der Waals surface area contributed by atoms with Crippen molar-refractivity contribution in [3.05, 3.63) is 77.3 Å². The van der Waals surface area contributed by atoms with Crippen molar-refractivity contribution in [2.75, 3.05) is 19.5 Å². The number of carbonyl (C=O) groups excluding carboxylic acids is 2. The smallest absolute Gasteiger partial charge is 0.163 e. The topological polar surface area (TPSA) is 118 Å². The number of nitrogens with zero attached hydrogens (tertiary/aromatic N) is 2. The summed E-state index contributed by atoms with van der Waals surface area (Å²) < 4.78 is 5.49. The number of anilines is 1. The minimum Gasteiger partial charge on any atom is -0.504 e.